The van der Waals surface area contributed by atoms with Crippen LogP contribution in [0.2, 0.25) is 0 Å². The van der Waals surface area contributed by atoms with E-state index in [1.54, 1.807) is 0 Å². The van der Waals surface area contributed by atoms with Gasteiger partial charge in [-0.15, -0.1) is 0 Å². The number of hydrogen-bond donors (Lipinski definition) is 0. The Balaban J connectivity index is 2.86. The first-order valence-corrected chi connectivity index (χ1v) is 6.74. The van der Waals surface area contributed by atoms with Crippen molar-refractivity contribution >= 4 is 11.8 Å². The monoisotopic (exact) mass is 450 g/mol. The zero-order chi connectivity index (χ0) is 22.6. The molecule has 0 aromatic heterocycles. The fourth-order valence-corrected chi connectivity index (χ4v) is 1.93. The Bertz CT molecular complexity index is 829. The molecule has 29 heavy (non-hydrogen) atoms. The molecule has 1 heterocycles. The SMILES string of the molecule is Fc1cc(F)cc(C2=NC(C(F)(F)F)(C(F)(F)F)N=C(C(F)(F)C(F)(F)F)O2)c1. The summed E-state index contributed by atoms with van der Waals surface area (Å²) < 4.78 is 173. The van der Waals surface area contributed by atoms with E-state index in [0.717, 1.165) is 0 Å². The van der Waals surface area contributed by atoms with Gasteiger partial charge in [-0.3, -0.25) is 0 Å². The van der Waals surface area contributed by atoms with Crippen molar-refractivity contribution in [1.82, 2.24) is 0 Å². The fraction of sp³-hybridized carbons (Fsp3) is 0.385. The number of ether oxygens (including phenoxy) is 1. The normalized spacial score (nSPS) is 18.1. The van der Waals surface area contributed by atoms with Crippen LogP contribution in [0.4, 0.5) is 57.1 Å². The van der Waals surface area contributed by atoms with Crippen LogP contribution in [0.3, 0.4) is 0 Å². The van der Waals surface area contributed by atoms with E-state index in [9.17, 15) is 57.1 Å². The average Bonchev–Trinajstić information content (AvgIpc) is 2.50. The zero-order valence-electron chi connectivity index (χ0n) is 12.9. The molecule has 0 bridgehead atoms. The van der Waals surface area contributed by atoms with Crippen LogP contribution in [-0.4, -0.2) is 41.9 Å². The molecule has 1 aliphatic heterocycles. The van der Waals surface area contributed by atoms with Crippen LogP contribution in [0.1, 0.15) is 5.56 Å². The topological polar surface area (TPSA) is 34.0 Å². The van der Waals surface area contributed by atoms with Crippen LogP contribution < -0.4 is 0 Å². The third kappa shape index (κ3) is 3.83. The van der Waals surface area contributed by atoms with Gasteiger partial charge in [-0.2, -0.15) is 48.3 Å². The van der Waals surface area contributed by atoms with Crippen LogP contribution in [0, 0.1) is 11.6 Å². The first-order valence-electron chi connectivity index (χ1n) is 6.74. The number of hydrogen-bond acceptors (Lipinski definition) is 3. The van der Waals surface area contributed by atoms with Gasteiger partial charge in [-0.1, -0.05) is 0 Å². The van der Waals surface area contributed by atoms with Gasteiger partial charge in [0.15, 0.2) is 0 Å². The van der Waals surface area contributed by atoms with E-state index in [-0.39, 0.29) is 18.2 Å². The van der Waals surface area contributed by atoms with E-state index in [4.69, 9.17) is 0 Å². The predicted molar refractivity (Wildman–Crippen MR) is 67.3 cm³/mol. The first kappa shape index (κ1) is 22.7. The van der Waals surface area contributed by atoms with Gasteiger partial charge in [0.2, 0.25) is 5.90 Å². The largest absolute Gasteiger partial charge is 0.463 e. The second-order valence-corrected chi connectivity index (χ2v) is 5.33. The van der Waals surface area contributed by atoms with Crippen LogP contribution in [0.15, 0.2) is 28.2 Å². The number of halogens is 13. The molecule has 0 N–H and O–H groups in total. The average molecular weight is 450 g/mol. The van der Waals surface area contributed by atoms with E-state index < -0.39 is 59.1 Å². The van der Waals surface area contributed by atoms with Gasteiger partial charge in [-0.05, 0) is 12.1 Å². The van der Waals surface area contributed by atoms with Crippen molar-refractivity contribution in [2.24, 2.45) is 9.98 Å². The van der Waals surface area contributed by atoms with Gasteiger partial charge in [0, 0.05) is 11.6 Å². The maximum absolute atomic E-state index is 13.5. The smallest absolute Gasteiger partial charge is 0.418 e. The van der Waals surface area contributed by atoms with Crippen molar-refractivity contribution in [2.45, 2.75) is 30.1 Å². The van der Waals surface area contributed by atoms with E-state index in [1.807, 2.05) is 4.99 Å². The molecule has 0 saturated heterocycles. The molecule has 3 nitrogen and oxygen atoms in total. The minimum absolute atomic E-state index is 0.00586. The lowest BCUT2D eigenvalue weighted by Crippen LogP contribution is -2.59. The van der Waals surface area contributed by atoms with Gasteiger partial charge >= 0.3 is 30.1 Å². The van der Waals surface area contributed by atoms with Crippen molar-refractivity contribution in [3.05, 3.63) is 35.4 Å². The van der Waals surface area contributed by atoms with Crippen molar-refractivity contribution in [2.75, 3.05) is 0 Å². The highest BCUT2D eigenvalue weighted by atomic mass is 19.4. The Labute approximate surface area is 150 Å². The predicted octanol–water partition coefficient (Wildman–Crippen LogP) is 5.16. The number of rotatable bonds is 2. The van der Waals surface area contributed by atoms with Crippen molar-refractivity contribution < 1.29 is 61.8 Å². The number of alkyl halides is 11. The van der Waals surface area contributed by atoms with Gasteiger partial charge in [0.25, 0.3) is 5.90 Å². The summed E-state index contributed by atoms with van der Waals surface area (Å²) in [6, 6.07) is 0.0646. The number of benzene rings is 1. The molecule has 0 unspecified atom stereocenters. The van der Waals surface area contributed by atoms with Gasteiger partial charge in [-0.25, -0.2) is 18.8 Å². The molecule has 0 fully saturated rings. The molecule has 1 aromatic carbocycles. The summed E-state index contributed by atoms with van der Waals surface area (Å²) >= 11 is 0. The Morgan fingerprint density at radius 3 is 1.52 bits per heavy atom. The highest BCUT2D eigenvalue weighted by Gasteiger charge is 2.76. The van der Waals surface area contributed by atoms with Crippen LogP contribution in [0.25, 0.3) is 0 Å². The molecule has 0 atom stereocenters. The Hall–Kier alpha value is -2.55. The molecular formula is C13H3F13N2O. The Morgan fingerprint density at radius 1 is 0.690 bits per heavy atom. The van der Waals surface area contributed by atoms with Crippen LogP contribution in [0.5, 0.6) is 0 Å². The van der Waals surface area contributed by atoms with Crippen molar-refractivity contribution in [3.63, 3.8) is 0 Å². The highest BCUT2D eigenvalue weighted by molar-refractivity contribution is 6.05. The second kappa shape index (κ2) is 6.48. The Kier molecular flexibility index (Phi) is 5.08. The number of aliphatic imine (C=N–C) groups is 2. The summed E-state index contributed by atoms with van der Waals surface area (Å²) in [7, 11) is 0. The van der Waals surface area contributed by atoms with E-state index >= 15 is 0 Å². The second-order valence-electron chi connectivity index (χ2n) is 5.33. The molecule has 162 valence electrons. The maximum Gasteiger partial charge on any atom is 0.463 e. The summed E-state index contributed by atoms with van der Waals surface area (Å²) in [5.41, 5.74) is -7.29. The molecule has 16 heteroatoms. The van der Waals surface area contributed by atoms with Crippen molar-refractivity contribution in [1.29, 1.82) is 0 Å². The maximum atomic E-state index is 13.5. The van der Waals surface area contributed by atoms with Crippen LogP contribution >= 0.6 is 0 Å². The zero-order valence-corrected chi connectivity index (χ0v) is 12.9. The molecular weight excluding hydrogens is 447 g/mol. The lowest BCUT2D eigenvalue weighted by molar-refractivity contribution is -0.296. The van der Waals surface area contributed by atoms with Crippen LogP contribution in [-0.2, 0) is 4.74 Å². The van der Waals surface area contributed by atoms with E-state index in [1.165, 1.54) is 4.99 Å². The third-order valence-corrected chi connectivity index (χ3v) is 3.24. The number of nitrogens with zero attached hydrogens (tertiary/aromatic N) is 2. The molecule has 1 aromatic rings. The summed E-state index contributed by atoms with van der Waals surface area (Å²) in [4.78, 5) is 3.39. The molecule has 2 rings (SSSR count). The summed E-state index contributed by atoms with van der Waals surface area (Å²) in [5.74, 6) is -15.3. The lowest BCUT2D eigenvalue weighted by atomic mass is 10.1. The molecule has 0 saturated carbocycles. The summed E-state index contributed by atoms with van der Waals surface area (Å²) in [5, 5.41) is 0. The lowest BCUT2D eigenvalue weighted by Gasteiger charge is -2.35. The molecule has 0 aliphatic carbocycles. The summed E-state index contributed by atoms with van der Waals surface area (Å²) in [6.45, 7) is 0. The summed E-state index contributed by atoms with van der Waals surface area (Å²) in [6.07, 6.45) is -20.1. The van der Waals surface area contributed by atoms with Crippen molar-refractivity contribution in [3.8, 4) is 0 Å². The standard InChI is InChI=1S/C13H3F13N2O/c14-5-1-4(2-6(15)3-5)7-27-10(12(21,22)23,13(24,25)26)28-8(29-7)9(16,17)11(18,19)20/h1-3H. The first-order chi connectivity index (χ1) is 12.8. The minimum atomic E-state index is -6.73. The van der Waals surface area contributed by atoms with Gasteiger partial charge in [0.1, 0.15) is 11.6 Å². The van der Waals surface area contributed by atoms with E-state index in [0.29, 0.717) is 0 Å². The fourth-order valence-electron chi connectivity index (χ4n) is 1.93. The molecule has 0 radical (unpaired) electrons. The quantitative estimate of drug-likeness (QED) is 0.574. The molecule has 1 aliphatic rings. The van der Waals surface area contributed by atoms with Gasteiger partial charge < -0.3 is 4.74 Å². The molecule has 0 spiro atoms. The minimum Gasteiger partial charge on any atom is -0.418 e. The molecule has 0 amide bonds. The van der Waals surface area contributed by atoms with Gasteiger partial charge in [0.05, 0.1) is 0 Å². The Morgan fingerprint density at radius 2 is 1.14 bits per heavy atom. The third-order valence-electron chi connectivity index (χ3n) is 3.24. The highest BCUT2D eigenvalue weighted by Crippen LogP contribution is 2.50. The van der Waals surface area contributed by atoms with E-state index in [2.05, 4.69) is 4.74 Å².